The molecule has 0 aliphatic carbocycles. The molecule has 0 aliphatic heterocycles. The van der Waals surface area contributed by atoms with Gasteiger partial charge in [-0.3, -0.25) is 4.79 Å². The fourth-order valence-electron chi connectivity index (χ4n) is 1.89. The van der Waals surface area contributed by atoms with Crippen molar-refractivity contribution in [3.05, 3.63) is 0 Å². The van der Waals surface area contributed by atoms with Gasteiger partial charge in [0.15, 0.2) is 0 Å². The van der Waals surface area contributed by atoms with Crippen molar-refractivity contribution in [1.29, 1.82) is 0 Å². The van der Waals surface area contributed by atoms with Gasteiger partial charge < -0.3 is 20.6 Å². The summed E-state index contributed by atoms with van der Waals surface area (Å²) in [6, 6.07) is -0.123. The van der Waals surface area contributed by atoms with Gasteiger partial charge in [0.1, 0.15) is 0 Å². The Labute approximate surface area is 121 Å². The predicted octanol–water partition coefficient (Wildman–Crippen LogP) is 1.66. The van der Waals surface area contributed by atoms with Crippen LogP contribution in [0.25, 0.3) is 0 Å². The topological polar surface area (TPSA) is 81.7 Å². The quantitative estimate of drug-likeness (QED) is 0.477. The Bertz CT molecular complexity index is 268. The zero-order chi connectivity index (χ0) is 15.2. The number of likely N-dealkylation sites (N-methyl/N-ethyl adjacent to an activating group) is 1. The predicted molar refractivity (Wildman–Crippen MR) is 79.9 cm³/mol. The number of nitrogens with zero attached hydrogens (tertiary/aromatic N) is 1. The van der Waals surface area contributed by atoms with Crippen molar-refractivity contribution >= 4 is 12.0 Å². The molecular weight excluding hydrogens is 258 g/mol. The Balaban J connectivity index is 3.34. The van der Waals surface area contributed by atoms with Crippen LogP contribution in [0.4, 0.5) is 4.79 Å². The van der Waals surface area contributed by atoms with Crippen LogP contribution < -0.4 is 10.6 Å². The van der Waals surface area contributed by atoms with Gasteiger partial charge >= 0.3 is 12.0 Å². The minimum Gasteiger partial charge on any atom is -0.481 e. The van der Waals surface area contributed by atoms with E-state index in [9.17, 15) is 9.59 Å². The van der Waals surface area contributed by atoms with Gasteiger partial charge in [0, 0.05) is 26.1 Å². The zero-order valence-corrected chi connectivity index (χ0v) is 12.8. The maximum atomic E-state index is 11.5. The van der Waals surface area contributed by atoms with Gasteiger partial charge in [-0.05, 0) is 25.9 Å². The van der Waals surface area contributed by atoms with Gasteiger partial charge in [0.2, 0.25) is 0 Å². The van der Waals surface area contributed by atoms with E-state index in [1.54, 1.807) is 0 Å². The fourth-order valence-corrected chi connectivity index (χ4v) is 1.89. The molecule has 20 heavy (non-hydrogen) atoms. The zero-order valence-electron chi connectivity index (χ0n) is 12.8. The average molecular weight is 287 g/mol. The van der Waals surface area contributed by atoms with Crippen LogP contribution in [0, 0.1) is 0 Å². The SMILES string of the molecule is CCN(CC)CCNC(=O)NCCCCCCC(=O)O. The highest BCUT2D eigenvalue weighted by atomic mass is 16.4. The van der Waals surface area contributed by atoms with E-state index < -0.39 is 5.97 Å². The number of amides is 2. The Kier molecular flexibility index (Phi) is 11.9. The summed E-state index contributed by atoms with van der Waals surface area (Å²) in [6.07, 6.45) is 3.69. The fraction of sp³-hybridized carbons (Fsp3) is 0.857. The molecule has 0 saturated carbocycles. The summed E-state index contributed by atoms with van der Waals surface area (Å²) in [7, 11) is 0. The monoisotopic (exact) mass is 287 g/mol. The number of carboxylic acids is 1. The summed E-state index contributed by atoms with van der Waals surface area (Å²) in [4.78, 5) is 24.0. The highest BCUT2D eigenvalue weighted by molar-refractivity contribution is 5.73. The molecule has 0 aromatic heterocycles. The maximum Gasteiger partial charge on any atom is 0.314 e. The first-order valence-electron chi connectivity index (χ1n) is 7.56. The third-order valence-corrected chi connectivity index (χ3v) is 3.21. The van der Waals surface area contributed by atoms with Crippen molar-refractivity contribution in [1.82, 2.24) is 15.5 Å². The van der Waals surface area contributed by atoms with Crippen LogP contribution in [-0.2, 0) is 4.79 Å². The number of unbranched alkanes of at least 4 members (excludes halogenated alkanes) is 3. The number of hydrogen-bond donors (Lipinski definition) is 3. The van der Waals surface area contributed by atoms with Crippen LogP contribution in [0.1, 0.15) is 46.0 Å². The smallest absolute Gasteiger partial charge is 0.314 e. The lowest BCUT2D eigenvalue weighted by Crippen LogP contribution is -2.40. The second-order valence-electron chi connectivity index (χ2n) is 4.77. The molecule has 3 N–H and O–H groups in total. The highest BCUT2D eigenvalue weighted by Crippen LogP contribution is 2.01. The van der Waals surface area contributed by atoms with Crippen molar-refractivity contribution in [3.8, 4) is 0 Å². The molecule has 6 heteroatoms. The van der Waals surface area contributed by atoms with Crippen LogP contribution >= 0.6 is 0 Å². The molecule has 2 amide bonds. The maximum absolute atomic E-state index is 11.5. The van der Waals surface area contributed by atoms with Crippen molar-refractivity contribution in [2.75, 3.05) is 32.7 Å². The van der Waals surface area contributed by atoms with E-state index in [1.165, 1.54) is 0 Å². The molecule has 0 atom stereocenters. The highest BCUT2D eigenvalue weighted by Gasteiger charge is 2.02. The van der Waals surface area contributed by atoms with Gasteiger partial charge in [0.25, 0.3) is 0 Å². The lowest BCUT2D eigenvalue weighted by Gasteiger charge is -2.18. The number of rotatable bonds is 12. The van der Waals surface area contributed by atoms with Crippen LogP contribution in [0.5, 0.6) is 0 Å². The van der Waals surface area contributed by atoms with E-state index >= 15 is 0 Å². The lowest BCUT2D eigenvalue weighted by molar-refractivity contribution is -0.137. The summed E-state index contributed by atoms with van der Waals surface area (Å²) in [5.74, 6) is -0.740. The Hall–Kier alpha value is -1.30. The van der Waals surface area contributed by atoms with Crippen molar-refractivity contribution in [3.63, 3.8) is 0 Å². The molecule has 0 aromatic carbocycles. The molecule has 0 spiro atoms. The van der Waals surface area contributed by atoms with Gasteiger partial charge in [0.05, 0.1) is 0 Å². The first kappa shape index (κ1) is 18.7. The molecule has 0 fully saturated rings. The molecule has 6 nitrogen and oxygen atoms in total. The summed E-state index contributed by atoms with van der Waals surface area (Å²) >= 11 is 0. The lowest BCUT2D eigenvalue weighted by atomic mass is 10.1. The van der Waals surface area contributed by atoms with Crippen molar-refractivity contribution < 1.29 is 14.7 Å². The van der Waals surface area contributed by atoms with E-state index in [4.69, 9.17) is 5.11 Å². The Morgan fingerprint density at radius 1 is 0.950 bits per heavy atom. The van der Waals surface area contributed by atoms with E-state index in [1.807, 2.05) is 0 Å². The Morgan fingerprint density at radius 2 is 1.55 bits per heavy atom. The number of carbonyl (C=O) groups excluding carboxylic acids is 1. The van der Waals surface area contributed by atoms with E-state index in [2.05, 4.69) is 29.4 Å². The molecule has 0 unspecified atom stereocenters. The molecular formula is C14H29N3O3. The largest absolute Gasteiger partial charge is 0.481 e. The summed E-state index contributed by atoms with van der Waals surface area (Å²) < 4.78 is 0. The second-order valence-corrected chi connectivity index (χ2v) is 4.77. The van der Waals surface area contributed by atoms with E-state index in [0.717, 1.165) is 38.9 Å². The summed E-state index contributed by atoms with van der Waals surface area (Å²) in [5.41, 5.74) is 0. The number of carbonyl (C=O) groups is 2. The standard InChI is InChI=1S/C14H29N3O3/c1-3-17(4-2)12-11-16-14(20)15-10-8-6-5-7-9-13(18)19/h3-12H2,1-2H3,(H,18,19)(H2,15,16,20). The minimum absolute atomic E-state index is 0.123. The molecule has 0 radical (unpaired) electrons. The number of aliphatic carboxylic acids is 1. The van der Waals surface area contributed by atoms with Gasteiger partial charge in [-0.2, -0.15) is 0 Å². The van der Waals surface area contributed by atoms with Crippen LogP contribution in [-0.4, -0.2) is 54.7 Å². The van der Waals surface area contributed by atoms with E-state index in [0.29, 0.717) is 19.5 Å². The molecule has 0 rings (SSSR count). The minimum atomic E-state index is -0.740. The van der Waals surface area contributed by atoms with Crippen LogP contribution in [0.2, 0.25) is 0 Å². The number of carboxylic acid groups (broad SMARTS) is 1. The number of nitrogens with one attached hydrogen (secondary N) is 2. The molecule has 0 aromatic rings. The number of urea groups is 1. The average Bonchev–Trinajstić information content (AvgIpc) is 2.42. The summed E-state index contributed by atoms with van der Waals surface area (Å²) in [6.45, 7) is 8.38. The van der Waals surface area contributed by atoms with E-state index in [-0.39, 0.29) is 12.5 Å². The Morgan fingerprint density at radius 3 is 2.15 bits per heavy atom. The third-order valence-electron chi connectivity index (χ3n) is 3.21. The van der Waals surface area contributed by atoms with Crippen LogP contribution in [0.3, 0.4) is 0 Å². The normalized spacial score (nSPS) is 10.6. The van der Waals surface area contributed by atoms with Crippen molar-refractivity contribution in [2.45, 2.75) is 46.0 Å². The first-order chi connectivity index (χ1) is 9.60. The molecule has 0 heterocycles. The molecule has 0 aliphatic rings. The molecule has 0 saturated heterocycles. The van der Waals surface area contributed by atoms with Crippen molar-refractivity contribution in [2.24, 2.45) is 0 Å². The van der Waals surface area contributed by atoms with Gasteiger partial charge in [-0.1, -0.05) is 26.7 Å². The van der Waals surface area contributed by atoms with Gasteiger partial charge in [-0.25, -0.2) is 4.79 Å². The molecule has 118 valence electrons. The molecule has 0 bridgehead atoms. The third kappa shape index (κ3) is 11.8. The van der Waals surface area contributed by atoms with Crippen LogP contribution in [0.15, 0.2) is 0 Å². The summed E-state index contributed by atoms with van der Waals surface area (Å²) in [5, 5.41) is 14.1. The number of hydrogen-bond acceptors (Lipinski definition) is 3. The van der Waals surface area contributed by atoms with Gasteiger partial charge in [-0.15, -0.1) is 0 Å². The second kappa shape index (κ2) is 12.7. The first-order valence-corrected chi connectivity index (χ1v) is 7.56.